The predicted octanol–water partition coefficient (Wildman–Crippen LogP) is 5.09. The normalized spacial score (nSPS) is 14.7. The van der Waals surface area contributed by atoms with Crippen molar-refractivity contribution in [2.45, 2.75) is 51.3 Å². The molecule has 2 nitrogen and oxygen atoms in total. The molecule has 24 heavy (non-hydrogen) atoms. The Kier molecular flexibility index (Phi) is 6.07. The zero-order valence-corrected chi connectivity index (χ0v) is 15.8. The third-order valence-electron chi connectivity index (χ3n) is 3.89. The lowest BCUT2D eigenvalue weighted by atomic mass is 9.95. The topological polar surface area (TPSA) is 35.1 Å². The number of hydrogen-bond donors (Lipinski definition) is 1. The van der Waals surface area contributed by atoms with E-state index in [0.717, 1.165) is 11.1 Å². The maximum Gasteiger partial charge on any atom is 0.136 e. The summed E-state index contributed by atoms with van der Waals surface area (Å²) < 4.78 is 29.8. The highest BCUT2D eigenvalue weighted by atomic mass is 32.2. The van der Waals surface area contributed by atoms with E-state index in [1.807, 2.05) is 77.1 Å². The van der Waals surface area contributed by atoms with Crippen LogP contribution in [-0.2, 0) is 11.4 Å². The van der Waals surface area contributed by atoms with E-state index < -0.39 is 16.1 Å². The van der Waals surface area contributed by atoms with Crippen molar-refractivity contribution in [3.63, 3.8) is 0 Å². The maximum absolute atomic E-state index is 14.4. The predicted molar refractivity (Wildman–Crippen MR) is 99.8 cm³/mol. The van der Waals surface area contributed by atoms with Crippen LogP contribution >= 0.6 is 0 Å². The smallest absolute Gasteiger partial charge is 0.136 e. The van der Waals surface area contributed by atoms with Gasteiger partial charge in [-0.3, -0.25) is 0 Å². The fourth-order valence-electron chi connectivity index (χ4n) is 2.45. The standard InChI is InChI=1S/C20H26FNOS/c1-14(2)17-12-11-16(13-18(17)21)19(15-9-7-6-8-10-15)22-24(23)20(3,4)5/h6-14,19,22H,1-5H3. The van der Waals surface area contributed by atoms with Crippen molar-refractivity contribution in [3.05, 3.63) is 71.0 Å². The first-order valence-corrected chi connectivity index (χ1v) is 9.37. The van der Waals surface area contributed by atoms with Gasteiger partial charge in [-0.2, -0.15) is 0 Å². The van der Waals surface area contributed by atoms with Gasteiger partial charge in [0.1, 0.15) is 16.6 Å². The van der Waals surface area contributed by atoms with E-state index in [1.165, 1.54) is 0 Å². The Balaban J connectivity index is 2.41. The minimum Gasteiger partial charge on any atom is -0.598 e. The van der Waals surface area contributed by atoms with Crippen molar-refractivity contribution in [1.29, 1.82) is 0 Å². The second-order valence-electron chi connectivity index (χ2n) is 7.28. The van der Waals surface area contributed by atoms with Gasteiger partial charge >= 0.3 is 0 Å². The molecule has 2 atom stereocenters. The van der Waals surface area contributed by atoms with Crippen molar-refractivity contribution in [2.75, 3.05) is 0 Å². The van der Waals surface area contributed by atoms with Gasteiger partial charge < -0.3 is 4.55 Å². The molecule has 0 fully saturated rings. The molecule has 4 heteroatoms. The molecule has 2 aromatic carbocycles. The molecule has 0 bridgehead atoms. The van der Waals surface area contributed by atoms with E-state index in [4.69, 9.17) is 0 Å². The number of hydrogen-bond acceptors (Lipinski definition) is 2. The first kappa shape index (κ1) is 19.0. The average molecular weight is 347 g/mol. The summed E-state index contributed by atoms with van der Waals surface area (Å²) in [7, 11) is 0. The lowest BCUT2D eigenvalue weighted by molar-refractivity contribution is 0.534. The second-order valence-corrected chi connectivity index (χ2v) is 9.28. The molecule has 0 amide bonds. The molecule has 0 saturated heterocycles. The number of nitrogens with one attached hydrogen (secondary N) is 1. The summed E-state index contributed by atoms with van der Waals surface area (Å²) in [6, 6.07) is 14.7. The molecule has 1 N–H and O–H groups in total. The first-order chi connectivity index (χ1) is 11.2. The molecule has 2 rings (SSSR count). The van der Waals surface area contributed by atoms with Crippen molar-refractivity contribution < 1.29 is 8.94 Å². The Hall–Kier alpha value is -1.36. The zero-order chi connectivity index (χ0) is 17.9. The zero-order valence-electron chi connectivity index (χ0n) is 15.0. The minimum atomic E-state index is -1.26. The quantitative estimate of drug-likeness (QED) is 0.765. The van der Waals surface area contributed by atoms with Crippen LogP contribution in [0.5, 0.6) is 0 Å². The lowest BCUT2D eigenvalue weighted by Crippen LogP contribution is -2.41. The van der Waals surface area contributed by atoms with Crippen molar-refractivity contribution >= 4 is 11.4 Å². The van der Waals surface area contributed by atoms with Gasteiger partial charge in [-0.1, -0.05) is 56.3 Å². The second kappa shape index (κ2) is 7.68. The summed E-state index contributed by atoms with van der Waals surface area (Å²) in [5.41, 5.74) is 2.44. The summed E-state index contributed by atoms with van der Waals surface area (Å²) in [6.07, 6.45) is 0. The highest BCUT2D eigenvalue weighted by Crippen LogP contribution is 2.28. The minimum absolute atomic E-state index is 0.130. The Morgan fingerprint density at radius 2 is 1.62 bits per heavy atom. The molecular weight excluding hydrogens is 321 g/mol. The van der Waals surface area contributed by atoms with Crippen LogP contribution in [0.1, 0.15) is 63.3 Å². The van der Waals surface area contributed by atoms with E-state index >= 15 is 0 Å². The molecule has 0 aliphatic heterocycles. The van der Waals surface area contributed by atoms with Crippen LogP contribution < -0.4 is 4.72 Å². The largest absolute Gasteiger partial charge is 0.598 e. The van der Waals surface area contributed by atoms with Gasteiger partial charge in [0.25, 0.3) is 0 Å². The molecule has 0 heterocycles. The highest BCUT2D eigenvalue weighted by Gasteiger charge is 2.30. The van der Waals surface area contributed by atoms with Crippen molar-refractivity contribution in [3.8, 4) is 0 Å². The fraction of sp³-hybridized carbons (Fsp3) is 0.400. The molecule has 2 unspecified atom stereocenters. The Labute approximate surface area is 147 Å². The molecule has 0 aliphatic rings. The maximum atomic E-state index is 14.4. The summed E-state index contributed by atoms with van der Waals surface area (Å²) in [6.45, 7) is 9.70. The van der Waals surface area contributed by atoms with Crippen molar-refractivity contribution in [2.24, 2.45) is 0 Å². The van der Waals surface area contributed by atoms with Crippen LogP contribution in [0.3, 0.4) is 0 Å². The van der Waals surface area contributed by atoms with Crippen LogP contribution in [0.4, 0.5) is 4.39 Å². The molecule has 0 spiro atoms. The Morgan fingerprint density at radius 3 is 2.12 bits per heavy atom. The molecule has 130 valence electrons. The van der Waals surface area contributed by atoms with Gasteiger partial charge in [0.15, 0.2) is 0 Å². The average Bonchev–Trinajstić information content (AvgIpc) is 2.51. The van der Waals surface area contributed by atoms with Gasteiger partial charge in [0.2, 0.25) is 0 Å². The highest BCUT2D eigenvalue weighted by molar-refractivity contribution is 7.90. The first-order valence-electron chi connectivity index (χ1n) is 8.22. The third-order valence-corrected chi connectivity index (χ3v) is 5.46. The summed E-state index contributed by atoms with van der Waals surface area (Å²) in [4.78, 5) is 0. The summed E-state index contributed by atoms with van der Waals surface area (Å²) in [5, 5.41) is 0. The lowest BCUT2D eigenvalue weighted by Gasteiger charge is -2.28. The van der Waals surface area contributed by atoms with E-state index in [0.29, 0.717) is 5.56 Å². The third kappa shape index (κ3) is 4.59. The van der Waals surface area contributed by atoms with Gasteiger partial charge in [0.05, 0.1) is 0 Å². The molecule has 0 aliphatic carbocycles. The summed E-state index contributed by atoms with van der Waals surface area (Å²) in [5.74, 6) is -0.0855. The van der Waals surface area contributed by atoms with Gasteiger partial charge in [-0.05, 0) is 49.4 Å². The van der Waals surface area contributed by atoms with Crippen LogP contribution in [-0.4, -0.2) is 9.30 Å². The van der Waals surface area contributed by atoms with Crippen LogP contribution in [0.25, 0.3) is 0 Å². The van der Waals surface area contributed by atoms with Crippen molar-refractivity contribution in [1.82, 2.24) is 4.72 Å². The molecule has 2 aromatic rings. The van der Waals surface area contributed by atoms with Crippen LogP contribution in [0.15, 0.2) is 48.5 Å². The Morgan fingerprint density at radius 1 is 1.00 bits per heavy atom. The molecular formula is C20H26FNOS. The monoisotopic (exact) mass is 347 g/mol. The van der Waals surface area contributed by atoms with E-state index in [1.54, 1.807) is 6.07 Å². The van der Waals surface area contributed by atoms with Crippen LogP contribution in [0, 0.1) is 5.82 Å². The molecule has 0 radical (unpaired) electrons. The van der Waals surface area contributed by atoms with E-state index in [-0.39, 0.29) is 17.8 Å². The number of halogens is 1. The van der Waals surface area contributed by atoms with Gasteiger partial charge in [-0.15, -0.1) is 4.72 Å². The van der Waals surface area contributed by atoms with Crippen LogP contribution in [0.2, 0.25) is 0 Å². The van der Waals surface area contributed by atoms with E-state index in [9.17, 15) is 8.94 Å². The summed E-state index contributed by atoms with van der Waals surface area (Å²) >= 11 is -1.26. The van der Waals surface area contributed by atoms with Gasteiger partial charge in [0, 0.05) is 11.4 Å². The molecule has 0 saturated carbocycles. The fourth-order valence-corrected chi connectivity index (χ4v) is 3.29. The SMILES string of the molecule is CC(C)c1ccc(C(N[S+]([O-])C(C)(C)C)c2ccccc2)cc1F. The van der Waals surface area contributed by atoms with E-state index in [2.05, 4.69) is 4.72 Å². The van der Waals surface area contributed by atoms with Gasteiger partial charge in [-0.25, -0.2) is 4.39 Å². The molecule has 0 aromatic heterocycles. The number of rotatable bonds is 5. The number of benzene rings is 2. The Bertz CT molecular complexity index is 667.